The van der Waals surface area contributed by atoms with Crippen molar-refractivity contribution in [3.63, 3.8) is 0 Å². The van der Waals surface area contributed by atoms with Crippen molar-refractivity contribution in [1.82, 2.24) is 14.9 Å². The molecule has 0 fully saturated rings. The van der Waals surface area contributed by atoms with Crippen molar-refractivity contribution >= 4 is 5.97 Å². The van der Waals surface area contributed by atoms with Crippen LogP contribution in [0.5, 0.6) is 5.75 Å². The van der Waals surface area contributed by atoms with Crippen LogP contribution in [0.15, 0.2) is 24.3 Å². The van der Waals surface area contributed by atoms with Crippen molar-refractivity contribution in [3.05, 3.63) is 35.8 Å². The lowest BCUT2D eigenvalue weighted by Crippen LogP contribution is -2.30. The molecule has 1 aromatic heterocycles. The van der Waals surface area contributed by atoms with E-state index in [0.29, 0.717) is 35.8 Å². The van der Waals surface area contributed by atoms with Gasteiger partial charge in [0.25, 0.3) is 0 Å². The van der Waals surface area contributed by atoms with Crippen LogP contribution in [0.25, 0.3) is 11.3 Å². The number of carboxylic acids is 1. The predicted octanol–water partition coefficient (Wildman–Crippen LogP) is 3.31. The van der Waals surface area contributed by atoms with Crippen LogP contribution in [0, 0.1) is 0 Å². The smallest absolute Gasteiger partial charge is 0.490 e. The van der Waals surface area contributed by atoms with Crippen molar-refractivity contribution in [2.24, 2.45) is 0 Å². The van der Waals surface area contributed by atoms with E-state index in [0.717, 1.165) is 0 Å². The third kappa shape index (κ3) is 4.94. The van der Waals surface area contributed by atoms with Gasteiger partial charge in [0.05, 0.1) is 18.5 Å². The second kappa shape index (κ2) is 8.09. The molecule has 2 N–H and O–H groups in total. The molecular formula is C16H15F6N3O3. The molecule has 0 spiro atoms. The van der Waals surface area contributed by atoms with Crippen molar-refractivity contribution in [2.45, 2.75) is 25.4 Å². The highest BCUT2D eigenvalue weighted by molar-refractivity contribution is 5.73. The number of methoxy groups -OCH3 is 1. The Morgan fingerprint density at radius 2 is 1.75 bits per heavy atom. The second-order valence-corrected chi connectivity index (χ2v) is 5.59. The monoisotopic (exact) mass is 411 g/mol. The van der Waals surface area contributed by atoms with Crippen molar-refractivity contribution in [1.29, 1.82) is 0 Å². The number of carbonyl (C=O) groups is 1. The largest absolute Gasteiger partial charge is 0.497 e. The molecule has 6 nitrogen and oxygen atoms in total. The number of aromatic nitrogens is 2. The van der Waals surface area contributed by atoms with E-state index in [2.05, 4.69) is 10.3 Å². The minimum Gasteiger partial charge on any atom is -0.497 e. The minimum atomic E-state index is -5.08. The van der Waals surface area contributed by atoms with Gasteiger partial charge in [-0.15, -0.1) is 0 Å². The molecule has 0 bridgehead atoms. The van der Waals surface area contributed by atoms with E-state index in [1.54, 1.807) is 31.4 Å². The number of fused-ring (bicyclic) bond motifs is 1. The van der Waals surface area contributed by atoms with Gasteiger partial charge in [0.15, 0.2) is 0 Å². The van der Waals surface area contributed by atoms with E-state index in [9.17, 15) is 26.3 Å². The van der Waals surface area contributed by atoms with Crippen LogP contribution in [-0.4, -0.2) is 40.5 Å². The van der Waals surface area contributed by atoms with Gasteiger partial charge in [-0.2, -0.15) is 26.3 Å². The number of hydrogen-bond acceptors (Lipinski definition) is 4. The van der Waals surface area contributed by atoms with E-state index < -0.39 is 24.1 Å². The van der Waals surface area contributed by atoms with E-state index in [4.69, 9.17) is 14.6 Å². The molecule has 1 aromatic carbocycles. The molecule has 1 aliphatic rings. The van der Waals surface area contributed by atoms with Gasteiger partial charge in [0.1, 0.15) is 5.75 Å². The molecule has 2 aromatic rings. The summed E-state index contributed by atoms with van der Waals surface area (Å²) in [4.78, 5) is 12.7. The SMILES string of the molecule is COc1ccc(-c2nc(C(F)(F)F)n3c2CNCC3)cc1.O=C(O)C(F)(F)F. The molecule has 1 aliphatic heterocycles. The van der Waals surface area contributed by atoms with Gasteiger partial charge in [-0.3, -0.25) is 0 Å². The number of rotatable bonds is 2. The van der Waals surface area contributed by atoms with E-state index >= 15 is 0 Å². The Morgan fingerprint density at radius 3 is 2.21 bits per heavy atom. The number of benzene rings is 1. The second-order valence-electron chi connectivity index (χ2n) is 5.59. The van der Waals surface area contributed by atoms with Gasteiger partial charge in [-0.1, -0.05) is 0 Å². The number of ether oxygens (including phenoxy) is 1. The van der Waals surface area contributed by atoms with Gasteiger partial charge in [0, 0.05) is 25.2 Å². The van der Waals surface area contributed by atoms with Crippen LogP contribution in [0.1, 0.15) is 11.5 Å². The Morgan fingerprint density at radius 1 is 1.18 bits per heavy atom. The summed E-state index contributed by atoms with van der Waals surface area (Å²) in [5.41, 5.74) is 1.59. The first-order valence-electron chi connectivity index (χ1n) is 7.77. The third-order valence-electron chi connectivity index (χ3n) is 3.74. The van der Waals surface area contributed by atoms with Crippen molar-refractivity contribution in [3.8, 4) is 17.0 Å². The molecule has 0 saturated heterocycles. The summed E-state index contributed by atoms with van der Waals surface area (Å²) < 4.78 is 77.4. The van der Waals surface area contributed by atoms with Crippen LogP contribution in [0.2, 0.25) is 0 Å². The van der Waals surface area contributed by atoms with Gasteiger partial charge in [0.2, 0.25) is 5.82 Å². The maximum absolute atomic E-state index is 13.1. The molecule has 0 radical (unpaired) electrons. The Kier molecular flexibility index (Phi) is 6.22. The number of aliphatic carboxylic acids is 1. The Hall–Kier alpha value is -2.76. The molecule has 0 saturated carbocycles. The Bertz CT molecular complexity index is 828. The minimum absolute atomic E-state index is 0.271. The maximum atomic E-state index is 13.1. The highest BCUT2D eigenvalue weighted by Gasteiger charge is 2.39. The standard InChI is InChI=1S/C14H14F3N3O.C2HF3O2/c1-21-10-4-2-9(3-5-10)12-11-8-18-6-7-20(11)13(19-12)14(15,16)17;3-2(4,5)1(6)7/h2-5,18H,6-8H2,1H3;(H,6,7). The zero-order valence-corrected chi connectivity index (χ0v) is 14.4. The molecule has 0 atom stereocenters. The molecule has 0 unspecified atom stereocenters. The number of nitrogens with one attached hydrogen (secondary N) is 1. The van der Waals surface area contributed by atoms with Gasteiger partial charge >= 0.3 is 18.3 Å². The average molecular weight is 411 g/mol. The van der Waals surface area contributed by atoms with E-state index in [1.807, 2.05) is 0 Å². The lowest BCUT2D eigenvalue weighted by Gasteiger charge is -2.19. The average Bonchev–Trinajstić information content (AvgIpc) is 3.01. The molecular weight excluding hydrogens is 396 g/mol. The zero-order chi connectivity index (χ0) is 21.1. The molecule has 12 heteroatoms. The van der Waals surface area contributed by atoms with Crippen LogP contribution in [0.4, 0.5) is 26.3 Å². The molecule has 154 valence electrons. The number of halogens is 6. The lowest BCUT2D eigenvalue weighted by atomic mass is 10.1. The molecule has 0 amide bonds. The number of alkyl halides is 6. The molecule has 0 aliphatic carbocycles. The van der Waals surface area contributed by atoms with Gasteiger partial charge < -0.3 is 19.7 Å². The predicted molar refractivity (Wildman–Crippen MR) is 84.6 cm³/mol. The summed E-state index contributed by atoms with van der Waals surface area (Å²) in [6.07, 6.45) is -9.53. The third-order valence-corrected chi connectivity index (χ3v) is 3.74. The Labute approximate surface area is 154 Å². The summed E-state index contributed by atoms with van der Waals surface area (Å²) in [7, 11) is 1.54. The first-order chi connectivity index (χ1) is 12.9. The highest BCUT2D eigenvalue weighted by atomic mass is 19.4. The lowest BCUT2D eigenvalue weighted by molar-refractivity contribution is -0.192. The summed E-state index contributed by atoms with van der Waals surface area (Å²) in [5.74, 6) is -2.93. The number of nitrogens with zero attached hydrogens (tertiary/aromatic N) is 2. The van der Waals surface area contributed by atoms with Gasteiger partial charge in [-0.25, -0.2) is 9.78 Å². The fraction of sp³-hybridized carbons (Fsp3) is 0.375. The molecule has 2 heterocycles. The first-order valence-corrected chi connectivity index (χ1v) is 7.77. The summed E-state index contributed by atoms with van der Waals surface area (Å²) in [6.45, 7) is 1.16. The number of imidazole rings is 1. The summed E-state index contributed by atoms with van der Waals surface area (Å²) in [5, 5.41) is 10.2. The number of carboxylic acid groups (broad SMARTS) is 1. The normalized spacial score (nSPS) is 14.0. The fourth-order valence-electron chi connectivity index (χ4n) is 2.50. The fourth-order valence-corrected chi connectivity index (χ4v) is 2.50. The zero-order valence-electron chi connectivity index (χ0n) is 14.4. The topological polar surface area (TPSA) is 76.4 Å². The van der Waals surface area contributed by atoms with Crippen LogP contribution < -0.4 is 10.1 Å². The van der Waals surface area contributed by atoms with Crippen LogP contribution in [-0.2, 0) is 24.1 Å². The van der Waals surface area contributed by atoms with E-state index in [-0.39, 0.29) is 6.54 Å². The van der Waals surface area contributed by atoms with Crippen molar-refractivity contribution in [2.75, 3.05) is 13.7 Å². The first kappa shape index (κ1) is 21.5. The number of hydrogen-bond donors (Lipinski definition) is 2. The maximum Gasteiger partial charge on any atom is 0.490 e. The van der Waals surface area contributed by atoms with Crippen molar-refractivity contribution < 1.29 is 41.0 Å². The van der Waals surface area contributed by atoms with Crippen LogP contribution >= 0.6 is 0 Å². The van der Waals surface area contributed by atoms with Crippen LogP contribution in [0.3, 0.4) is 0 Å². The van der Waals surface area contributed by atoms with Gasteiger partial charge in [-0.05, 0) is 24.3 Å². The molecule has 28 heavy (non-hydrogen) atoms. The quantitative estimate of drug-likeness (QED) is 0.742. The highest BCUT2D eigenvalue weighted by Crippen LogP contribution is 2.35. The molecule has 3 rings (SSSR count). The summed E-state index contributed by atoms with van der Waals surface area (Å²) in [6, 6.07) is 6.86. The summed E-state index contributed by atoms with van der Waals surface area (Å²) >= 11 is 0. The Balaban J connectivity index is 0.000000345. The van der Waals surface area contributed by atoms with E-state index in [1.165, 1.54) is 4.57 Å².